The first-order valence-corrected chi connectivity index (χ1v) is 9.00. The van der Waals surface area contributed by atoms with Crippen LogP contribution in [0, 0.1) is 11.3 Å². The van der Waals surface area contributed by atoms with Gasteiger partial charge in [-0.15, -0.1) is 0 Å². The van der Waals surface area contributed by atoms with Crippen LogP contribution in [0.4, 0.5) is 0 Å². The molecule has 0 aromatic carbocycles. The van der Waals surface area contributed by atoms with Crippen LogP contribution in [-0.2, 0) is 17.8 Å². The highest BCUT2D eigenvalue weighted by Gasteiger charge is 2.51. The molecule has 2 aromatic heterocycles. The average molecular weight is 340 g/mol. The van der Waals surface area contributed by atoms with E-state index in [-0.39, 0.29) is 23.5 Å². The number of carbonyl (C=O) groups is 1. The fraction of sp³-hybridized carbons (Fsp3) is 0.526. The second kappa shape index (κ2) is 6.59. The van der Waals surface area contributed by atoms with E-state index >= 15 is 0 Å². The van der Waals surface area contributed by atoms with Crippen LogP contribution in [0.1, 0.15) is 31.2 Å². The minimum atomic E-state index is -0.315. The third kappa shape index (κ3) is 3.58. The molecule has 6 nitrogen and oxygen atoms in total. The molecule has 4 rings (SSSR count). The lowest BCUT2D eigenvalue weighted by molar-refractivity contribution is -0.128. The van der Waals surface area contributed by atoms with Crippen LogP contribution in [-0.4, -0.2) is 37.9 Å². The normalized spacial score (nSPS) is 25.0. The van der Waals surface area contributed by atoms with E-state index in [1.165, 1.54) is 5.56 Å². The van der Waals surface area contributed by atoms with Gasteiger partial charge in [-0.05, 0) is 61.8 Å². The Labute approximate surface area is 147 Å². The summed E-state index contributed by atoms with van der Waals surface area (Å²) < 4.78 is 1.84. The molecule has 1 atom stereocenters. The van der Waals surface area contributed by atoms with Crippen LogP contribution >= 0.6 is 0 Å². The van der Waals surface area contributed by atoms with Crippen LogP contribution in [0.3, 0.4) is 0 Å². The summed E-state index contributed by atoms with van der Waals surface area (Å²) in [6.45, 7) is 0.640. The number of carbonyl (C=O) groups excluding carboxylic acids is 1. The van der Waals surface area contributed by atoms with E-state index in [1.807, 2.05) is 29.1 Å². The lowest BCUT2D eigenvalue weighted by Crippen LogP contribution is -2.50. The third-order valence-corrected chi connectivity index (χ3v) is 5.60. The maximum Gasteiger partial charge on any atom is 0.228 e. The molecule has 132 valence electrons. The fourth-order valence-corrected chi connectivity index (χ4v) is 3.70. The van der Waals surface area contributed by atoms with Crippen molar-refractivity contribution in [1.82, 2.24) is 20.1 Å². The van der Waals surface area contributed by atoms with Crippen molar-refractivity contribution >= 4 is 5.91 Å². The molecule has 2 fully saturated rings. The molecule has 2 aromatic rings. The highest BCUT2D eigenvalue weighted by Crippen LogP contribution is 2.47. The van der Waals surface area contributed by atoms with Crippen molar-refractivity contribution in [3.05, 3.63) is 48.5 Å². The van der Waals surface area contributed by atoms with Gasteiger partial charge in [-0.25, -0.2) is 0 Å². The van der Waals surface area contributed by atoms with E-state index < -0.39 is 0 Å². The van der Waals surface area contributed by atoms with E-state index in [9.17, 15) is 9.90 Å². The summed E-state index contributed by atoms with van der Waals surface area (Å²) in [6.07, 6.45) is 11.1. The maximum absolute atomic E-state index is 13.0. The first kappa shape index (κ1) is 16.3. The van der Waals surface area contributed by atoms with Gasteiger partial charge in [0.15, 0.2) is 0 Å². The largest absolute Gasteiger partial charge is 0.393 e. The minimum Gasteiger partial charge on any atom is -0.393 e. The number of hydrogen-bond acceptors (Lipinski definition) is 4. The average Bonchev–Trinajstić information content (AvgIpc) is 3.19. The highest BCUT2D eigenvalue weighted by molar-refractivity contribution is 5.85. The number of rotatable bonds is 7. The summed E-state index contributed by atoms with van der Waals surface area (Å²) in [5.41, 5.74) is 0.851. The standard InChI is InChI=1S/C19H24N4O2/c24-16-11-15(12-16)17(10-14-2-7-20-8-3-14)22-18(25)19(4-5-19)13-23-9-1-6-21-23/h1-3,6-9,15-17,24H,4-5,10-13H2,(H,22,25)/t15?,16?,17-/m0/s1. The van der Waals surface area contributed by atoms with Crippen LogP contribution in [0.2, 0.25) is 0 Å². The molecule has 2 saturated carbocycles. The Hall–Kier alpha value is -2.21. The Morgan fingerprint density at radius 3 is 2.68 bits per heavy atom. The van der Waals surface area contributed by atoms with Crippen molar-refractivity contribution in [3.63, 3.8) is 0 Å². The zero-order chi connectivity index (χ0) is 17.3. The molecule has 0 radical (unpaired) electrons. The molecule has 2 heterocycles. The van der Waals surface area contributed by atoms with Gasteiger partial charge < -0.3 is 10.4 Å². The summed E-state index contributed by atoms with van der Waals surface area (Å²) in [4.78, 5) is 17.0. The van der Waals surface area contributed by atoms with Crippen molar-refractivity contribution < 1.29 is 9.90 Å². The van der Waals surface area contributed by atoms with Crippen molar-refractivity contribution in [2.75, 3.05) is 0 Å². The quantitative estimate of drug-likeness (QED) is 0.801. The number of aromatic nitrogens is 3. The molecule has 2 N–H and O–H groups in total. The number of nitrogens with zero attached hydrogens (tertiary/aromatic N) is 3. The van der Waals surface area contributed by atoms with E-state index in [0.717, 1.165) is 32.1 Å². The molecule has 0 unspecified atom stereocenters. The lowest BCUT2D eigenvalue weighted by atomic mass is 9.75. The van der Waals surface area contributed by atoms with Crippen molar-refractivity contribution in [1.29, 1.82) is 0 Å². The summed E-state index contributed by atoms with van der Waals surface area (Å²) in [7, 11) is 0. The van der Waals surface area contributed by atoms with Gasteiger partial charge >= 0.3 is 0 Å². The zero-order valence-electron chi connectivity index (χ0n) is 14.2. The van der Waals surface area contributed by atoms with Crippen LogP contribution in [0.5, 0.6) is 0 Å². The molecule has 2 aliphatic carbocycles. The van der Waals surface area contributed by atoms with Gasteiger partial charge in [-0.3, -0.25) is 14.5 Å². The molecule has 0 spiro atoms. The molecule has 0 bridgehead atoms. The van der Waals surface area contributed by atoms with Gasteiger partial charge in [-0.1, -0.05) is 0 Å². The predicted molar refractivity (Wildman–Crippen MR) is 92.5 cm³/mol. The van der Waals surface area contributed by atoms with Gasteiger partial charge in [0.2, 0.25) is 5.91 Å². The molecular formula is C19H24N4O2. The van der Waals surface area contributed by atoms with E-state index in [2.05, 4.69) is 15.4 Å². The maximum atomic E-state index is 13.0. The number of nitrogens with one attached hydrogen (secondary N) is 1. The third-order valence-electron chi connectivity index (χ3n) is 5.60. The number of aliphatic hydroxyl groups is 1. The molecule has 25 heavy (non-hydrogen) atoms. The second-order valence-electron chi connectivity index (χ2n) is 7.51. The fourth-order valence-electron chi connectivity index (χ4n) is 3.70. The minimum absolute atomic E-state index is 0.0633. The Kier molecular flexibility index (Phi) is 4.29. The summed E-state index contributed by atoms with van der Waals surface area (Å²) >= 11 is 0. The van der Waals surface area contributed by atoms with Gasteiger partial charge in [-0.2, -0.15) is 5.10 Å². The van der Waals surface area contributed by atoms with Crippen LogP contribution in [0.25, 0.3) is 0 Å². The van der Waals surface area contributed by atoms with Gasteiger partial charge in [0.05, 0.1) is 18.1 Å². The van der Waals surface area contributed by atoms with E-state index in [1.54, 1.807) is 18.6 Å². The lowest BCUT2D eigenvalue weighted by Gasteiger charge is -2.38. The SMILES string of the molecule is O=C(N[C@@H](Cc1ccncc1)C1CC(O)C1)C1(Cn2cccn2)CC1. The topological polar surface area (TPSA) is 80.0 Å². The number of aliphatic hydroxyl groups excluding tert-OH is 1. The molecule has 2 aliphatic rings. The van der Waals surface area contributed by atoms with E-state index in [4.69, 9.17) is 0 Å². The van der Waals surface area contributed by atoms with Crippen molar-refractivity contribution in [2.45, 2.75) is 50.8 Å². The summed E-state index contributed by atoms with van der Waals surface area (Å²) in [5, 5.41) is 17.2. The van der Waals surface area contributed by atoms with E-state index in [0.29, 0.717) is 12.5 Å². The number of pyridine rings is 1. The first-order chi connectivity index (χ1) is 12.1. The number of amides is 1. The van der Waals surface area contributed by atoms with Gasteiger partial charge in [0.1, 0.15) is 0 Å². The van der Waals surface area contributed by atoms with Crippen LogP contribution in [0.15, 0.2) is 43.0 Å². The Morgan fingerprint density at radius 2 is 2.08 bits per heavy atom. The molecule has 1 amide bonds. The number of hydrogen-bond donors (Lipinski definition) is 2. The molecule has 6 heteroatoms. The monoisotopic (exact) mass is 340 g/mol. The second-order valence-corrected chi connectivity index (χ2v) is 7.51. The predicted octanol–water partition coefficient (Wildman–Crippen LogP) is 1.56. The Bertz CT molecular complexity index is 706. The van der Waals surface area contributed by atoms with Gasteiger partial charge in [0, 0.05) is 30.8 Å². The first-order valence-electron chi connectivity index (χ1n) is 9.00. The zero-order valence-corrected chi connectivity index (χ0v) is 14.2. The van der Waals surface area contributed by atoms with Gasteiger partial charge in [0.25, 0.3) is 0 Å². The molecule has 0 aliphatic heterocycles. The van der Waals surface area contributed by atoms with Crippen molar-refractivity contribution in [2.24, 2.45) is 11.3 Å². The molecule has 0 saturated heterocycles. The highest BCUT2D eigenvalue weighted by atomic mass is 16.3. The summed E-state index contributed by atoms with van der Waals surface area (Å²) in [5.74, 6) is 0.469. The summed E-state index contributed by atoms with van der Waals surface area (Å²) in [6, 6.07) is 5.93. The Balaban J connectivity index is 1.43. The van der Waals surface area contributed by atoms with Crippen molar-refractivity contribution in [3.8, 4) is 0 Å². The smallest absolute Gasteiger partial charge is 0.228 e. The Morgan fingerprint density at radius 1 is 1.32 bits per heavy atom. The molecular weight excluding hydrogens is 316 g/mol. The van der Waals surface area contributed by atoms with Crippen LogP contribution < -0.4 is 5.32 Å².